The van der Waals surface area contributed by atoms with Crippen LogP contribution >= 0.6 is 15.9 Å². The molecule has 0 saturated heterocycles. The number of nitrogens with zero attached hydrogens (tertiary/aromatic N) is 1. The summed E-state index contributed by atoms with van der Waals surface area (Å²) in [5, 5.41) is 42.9. The first-order chi connectivity index (χ1) is 57.8. The maximum Gasteiger partial charge on any atom is 0.408 e. The van der Waals surface area contributed by atoms with E-state index in [1.165, 1.54) is 116 Å². The van der Waals surface area contributed by atoms with Gasteiger partial charge in [-0.1, -0.05) is 114 Å². The molecule has 0 spiro atoms. The minimum atomic E-state index is -1.66. The average Bonchev–Trinajstić information content (AvgIpc) is 0.829. The smallest absolute Gasteiger partial charge is 0.408 e. The Kier molecular flexibility index (Phi) is 36.0. The van der Waals surface area contributed by atoms with Gasteiger partial charge in [-0.25, -0.2) is 39.9 Å². The summed E-state index contributed by atoms with van der Waals surface area (Å²) in [7, 11) is 0. The summed E-state index contributed by atoms with van der Waals surface area (Å²) in [5.74, 6) is -2.80. The standard InChI is InChI=1S/C17H22FNO3.C13H15FO2.C12H12FNO3.C12H14FNO2.C12H14FNO.C12H15FO.C12H13FO.C6H4BrF/c1-16(2,3)22-15(21)19-17(11-5-4-6-14(17)20)12-7-9-13(18)10-8-12;1-13(8-2-3-11(15)12(13)16)9-4-6-10(14)7-5-9;13-10-6-4-9(5-7-10)12(14(16)17)8-2-1-3-11(12)15;13-9-5-3-8(4-6-9)12(14)7-1-2-10(15)11(12)16;13-10-6-4-9(5-7-10)12(14)8-2-1-3-11(12)15;2*13-10-7-5-9(6-8-10)11-3-1-2-4-12(11)14;7-5-1-3-6(8)4-2-5/h7-10H,4-6,11H2,1-3H3,(H,19,21);4-7,11,15H,2-3,8H2,1H3;4-7H,1-3,8H2;3-6,10,15H,1-2,7,14H2;4-7H,1-3,8,14H2;5-8,11-12,14H,1-4H2;5-8,11H,1-4H2;1-4H. The molecule has 1 amide bonds. The lowest BCUT2D eigenvalue weighted by Crippen LogP contribution is -2.54. The largest absolute Gasteiger partial charge is 0.444 e. The number of ketones is 6. The number of amides is 1. The highest BCUT2D eigenvalue weighted by Gasteiger charge is 2.53. The van der Waals surface area contributed by atoms with E-state index < -0.39 is 62.2 Å². The number of nitro groups is 1. The molecule has 8 aromatic carbocycles. The van der Waals surface area contributed by atoms with Gasteiger partial charge in [0.25, 0.3) is 0 Å². The number of rotatable bonds is 9. The fourth-order valence-corrected chi connectivity index (χ4v) is 16.7. The van der Waals surface area contributed by atoms with Crippen LogP contribution in [0.3, 0.4) is 0 Å². The topological polar surface area (TPSA) is 297 Å². The molecule has 7 fully saturated rings. The van der Waals surface area contributed by atoms with Crippen LogP contribution in [0.15, 0.2) is 199 Å². The van der Waals surface area contributed by atoms with E-state index in [0.717, 1.165) is 109 Å². The van der Waals surface area contributed by atoms with Crippen molar-refractivity contribution >= 4 is 56.7 Å². The molecule has 0 aliphatic heterocycles. The number of hydrogen-bond acceptors (Lipinski definition) is 15. The lowest BCUT2D eigenvalue weighted by molar-refractivity contribution is -0.563. The zero-order chi connectivity index (χ0) is 89.2. The lowest BCUT2D eigenvalue weighted by atomic mass is 9.69. The van der Waals surface area contributed by atoms with Crippen molar-refractivity contribution in [1.82, 2.24) is 5.32 Å². The highest BCUT2D eigenvalue weighted by atomic mass is 79.9. The number of carbonyl (C=O) groups excluding carboxylic acids is 7. The molecule has 10 atom stereocenters. The fraction of sp³-hybridized carbons (Fsp3) is 0.427. The number of nitrogens with one attached hydrogen (secondary N) is 1. The van der Waals surface area contributed by atoms with Crippen LogP contribution in [0.5, 0.6) is 0 Å². The monoisotopic (exact) mass is 1760 g/mol. The molecule has 8 N–H and O–H groups in total. The van der Waals surface area contributed by atoms with E-state index in [0.29, 0.717) is 94.0 Å². The van der Waals surface area contributed by atoms with Gasteiger partial charge in [0.15, 0.2) is 23.1 Å². The van der Waals surface area contributed by atoms with Gasteiger partial charge >= 0.3 is 11.6 Å². The Bertz CT molecular complexity index is 4680. The number of benzene rings is 8. The molecule has 7 saturated carbocycles. The van der Waals surface area contributed by atoms with Crippen LogP contribution in [0.25, 0.3) is 0 Å². The molecule has 7 aliphatic carbocycles. The van der Waals surface area contributed by atoms with Crippen molar-refractivity contribution < 1.29 is 93.7 Å². The molecule has 0 bridgehead atoms. The summed E-state index contributed by atoms with van der Waals surface area (Å²) in [4.78, 5) is 94.6. The Labute approximate surface area is 715 Å². The van der Waals surface area contributed by atoms with Crippen LogP contribution < -0.4 is 16.8 Å². The van der Waals surface area contributed by atoms with Crippen molar-refractivity contribution in [2.24, 2.45) is 11.5 Å². The number of carbonyl (C=O) groups is 7. The third-order valence-electron chi connectivity index (χ3n) is 23.4. The summed E-state index contributed by atoms with van der Waals surface area (Å²) >= 11 is 3.18. The van der Waals surface area contributed by atoms with Gasteiger partial charge in [0.05, 0.1) is 11.5 Å². The van der Waals surface area contributed by atoms with Gasteiger partial charge in [-0.15, -0.1) is 0 Å². The number of alkyl carbamates (subject to hydrolysis) is 1. The van der Waals surface area contributed by atoms with Crippen LogP contribution in [0.1, 0.15) is 245 Å². The maximum absolute atomic E-state index is 13.2. The van der Waals surface area contributed by atoms with Crippen molar-refractivity contribution in [3.63, 3.8) is 0 Å². The molecule has 0 heterocycles. The molecule has 0 aromatic heterocycles. The Morgan fingerprint density at radius 1 is 0.426 bits per heavy atom. The molecule has 0 radical (unpaired) electrons. The van der Waals surface area contributed by atoms with E-state index in [4.69, 9.17) is 16.2 Å². The molecule has 10 unspecified atom stereocenters. The van der Waals surface area contributed by atoms with Crippen molar-refractivity contribution in [3.05, 3.63) is 294 Å². The van der Waals surface area contributed by atoms with E-state index in [1.54, 1.807) is 93.6 Å². The number of hydrogen-bond donors (Lipinski definition) is 6. The highest BCUT2D eigenvalue weighted by Crippen LogP contribution is 2.42. The Balaban J connectivity index is 0.000000175. The SMILES string of the molecule is CC(C)(C)OC(=O)NC1(c2ccc(F)cc2)CCCCC1=O.CC1(c2ccc(F)cc2)CCCC(O)C1=O.Fc1ccc(Br)cc1.NC1(c2ccc(F)cc2)CCCC(O)C1=O.NC1(c2ccc(F)cc2)CCCCC1=O.O=C1CCCCC1(c1ccc(F)cc1)[N+](=O)[O-].O=C1CCCCC1c1ccc(F)cc1.OC1CCCCC1c1ccc(F)cc1. The zero-order valence-electron chi connectivity index (χ0n) is 69.2. The summed E-state index contributed by atoms with van der Waals surface area (Å²) in [6.07, 6.45) is 16.2. The number of aliphatic hydroxyl groups excluding tert-OH is 3. The minimum absolute atomic E-state index is 0.0179. The van der Waals surface area contributed by atoms with E-state index >= 15 is 0 Å². The second-order valence-corrected chi connectivity index (χ2v) is 34.1. The van der Waals surface area contributed by atoms with Gasteiger partial charge in [0.2, 0.25) is 5.78 Å². The molecular weight excluding hydrogens is 1650 g/mol. The van der Waals surface area contributed by atoms with Crippen LogP contribution in [0.2, 0.25) is 0 Å². The molecule has 15 rings (SSSR count). The van der Waals surface area contributed by atoms with Gasteiger partial charge in [-0.2, -0.15) is 0 Å². The summed E-state index contributed by atoms with van der Waals surface area (Å²) in [5.41, 5.74) is 11.0. The third kappa shape index (κ3) is 26.6. The van der Waals surface area contributed by atoms with Gasteiger partial charge in [0.1, 0.15) is 86.7 Å². The average molecular weight is 1760 g/mol. The predicted molar refractivity (Wildman–Crippen MR) is 451 cm³/mol. The van der Waals surface area contributed by atoms with Crippen molar-refractivity contribution in [2.75, 3.05) is 0 Å². The van der Waals surface area contributed by atoms with E-state index in [2.05, 4.69) is 21.2 Å². The van der Waals surface area contributed by atoms with E-state index in [-0.39, 0.29) is 106 Å². The van der Waals surface area contributed by atoms with Crippen molar-refractivity contribution in [1.29, 1.82) is 0 Å². The summed E-state index contributed by atoms with van der Waals surface area (Å²) in [6.45, 7) is 7.12. The number of nitrogens with two attached hydrogens (primary N) is 2. The predicted octanol–water partition coefficient (Wildman–Crippen LogP) is 20.0. The van der Waals surface area contributed by atoms with Crippen molar-refractivity contribution in [2.45, 2.75) is 258 Å². The van der Waals surface area contributed by atoms with Gasteiger partial charge in [0, 0.05) is 58.9 Å². The van der Waals surface area contributed by atoms with Crippen LogP contribution in [-0.2, 0) is 61.1 Å². The molecule has 26 heteroatoms. The molecule has 7 aliphatic rings. The highest BCUT2D eigenvalue weighted by molar-refractivity contribution is 9.10. The van der Waals surface area contributed by atoms with E-state index in [9.17, 15) is 94.1 Å². The second-order valence-electron chi connectivity index (χ2n) is 33.2. The summed E-state index contributed by atoms with van der Waals surface area (Å²) < 4.78 is 108. The molecule has 17 nitrogen and oxygen atoms in total. The number of aliphatic hydroxyl groups is 3. The number of ether oxygens (including phenoxy) is 1. The summed E-state index contributed by atoms with van der Waals surface area (Å²) in [6, 6.07) is 47.1. The first-order valence-corrected chi connectivity index (χ1v) is 42.3. The van der Waals surface area contributed by atoms with Crippen LogP contribution in [0, 0.1) is 56.7 Å². The third-order valence-corrected chi connectivity index (χ3v) is 23.9. The van der Waals surface area contributed by atoms with Gasteiger partial charge < -0.3 is 36.8 Å². The fourth-order valence-electron chi connectivity index (χ4n) is 16.4. The zero-order valence-corrected chi connectivity index (χ0v) is 70.8. The second kappa shape index (κ2) is 45.0. The Morgan fingerprint density at radius 3 is 1.25 bits per heavy atom. The quantitative estimate of drug-likeness (QED) is 0.0445. The Morgan fingerprint density at radius 2 is 0.803 bits per heavy atom. The van der Waals surface area contributed by atoms with E-state index in [1.807, 2.05) is 6.92 Å². The van der Waals surface area contributed by atoms with Gasteiger partial charge in [-0.3, -0.25) is 38.9 Å². The Hall–Kier alpha value is -9.83. The normalized spacial score (nSPS) is 25.0. The first-order valence-electron chi connectivity index (χ1n) is 41.5. The maximum atomic E-state index is 13.2. The lowest BCUT2D eigenvalue weighted by Gasteiger charge is -2.37. The van der Waals surface area contributed by atoms with Crippen LogP contribution in [-0.4, -0.2) is 84.9 Å². The first kappa shape index (κ1) is 97.6. The minimum Gasteiger partial charge on any atom is -0.444 e. The molecule has 8 aromatic rings. The van der Waals surface area contributed by atoms with Crippen molar-refractivity contribution in [3.8, 4) is 0 Å². The molecule has 654 valence electrons. The van der Waals surface area contributed by atoms with Crippen LogP contribution in [0.4, 0.5) is 39.9 Å². The number of halogens is 9. The number of Topliss-reactive ketones (excluding diaryl/α,β-unsaturated/α-hetero) is 6. The molecular formula is C96H109BrF8N4O13. The van der Waals surface area contributed by atoms with Gasteiger partial charge in [-0.05, 0) is 292 Å². The molecule has 122 heavy (non-hydrogen) atoms.